The van der Waals surface area contributed by atoms with Gasteiger partial charge in [0.25, 0.3) is 0 Å². The number of piperazine rings is 1. The zero-order chi connectivity index (χ0) is 16.1. The van der Waals surface area contributed by atoms with Gasteiger partial charge in [0.15, 0.2) is 0 Å². The van der Waals surface area contributed by atoms with Crippen LogP contribution in [0.1, 0.15) is 33.1 Å². The molecule has 2 rings (SSSR count). The lowest BCUT2D eigenvalue weighted by molar-refractivity contribution is -0.132. The number of hydrogen-bond acceptors (Lipinski definition) is 3. The summed E-state index contributed by atoms with van der Waals surface area (Å²) in [6.07, 6.45) is 2.57. The highest BCUT2D eigenvalue weighted by Crippen LogP contribution is 2.23. The Kier molecular flexibility index (Phi) is 6.06. The molecule has 126 valence electrons. The molecule has 0 bridgehead atoms. The van der Waals surface area contributed by atoms with E-state index in [1.165, 1.54) is 0 Å². The summed E-state index contributed by atoms with van der Waals surface area (Å²) in [6, 6.07) is 0.329. The maximum Gasteiger partial charge on any atom is 0.317 e. The molecule has 0 aromatic carbocycles. The molecular formula is C16H30N4O2. The Balaban J connectivity index is 1.69. The Morgan fingerprint density at radius 3 is 2.45 bits per heavy atom. The van der Waals surface area contributed by atoms with Crippen molar-refractivity contribution in [2.45, 2.75) is 39.2 Å². The van der Waals surface area contributed by atoms with E-state index in [9.17, 15) is 9.59 Å². The average Bonchev–Trinajstić information content (AvgIpc) is 2.97. The molecule has 6 nitrogen and oxygen atoms in total. The summed E-state index contributed by atoms with van der Waals surface area (Å²) in [4.78, 5) is 30.4. The van der Waals surface area contributed by atoms with Crippen LogP contribution in [0.2, 0.25) is 0 Å². The zero-order valence-electron chi connectivity index (χ0n) is 14.2. The first-order chi connectivity index (χ1) is 10.5. The predicted octanol–water partition coefficient (Wildman–Crippen LogP) is 0.981. The number of hydrogen-bond donors (Lipinski definition) is 1. The van der Waals surface area contributed by atoms with Crippen molar-refractivity contribution in [2.75, 3.05) is 46.3 Å². The number of likely N-dealkylation sites (N-methyl/N-ethyl adjacent to an activating group) is 1. The molecule has 2 fully saturated rings. The van der Waals surface area contributed by atoms with Crippen molar-refractivity contribution in [1.82, 2.24) is 20.0 Å². The zero-order valence-corrected chi connectivity index (χ0v) is 14.2. The Bertz CT molecular complexity index is 392. The lowest BCUT2D eigenvalue weighted by Gasteiger charge is -2.32. The standard InChI is InChI=1S/C16H30N4O2/c1-13(2)14-5-4-8-20(14)16(22)17-7-6-15(21)19-11-9-18(3)10-12-19/h13-14H,4-12H2,1-3H3,(H,17,22). The van der Waals surface area contributed by atoms with Crippen molar-refractivity contribution in [2.24, 2.45) is 5.92 Å². The molecule has 2 heterocycles. The van der Waals surface area contributed by atoms with Crippen LogP contribution in [0.15, 0.2) is 0 Å². The van der Waals surface area contributed by atoms with E-state index >= 15 is 0 Å². The van der Waals surface area contributed by atoms with Gasteiger partial charge in [-0.05, 0) is 25.8 Å². The maximum absolute atomic E-state index is 12.2. The van der Waals surface area contributed by atoms with Crippen molar-refractivity contribution in [3.05, 3.63) is 0 Å². The quantitative estimate of drug-likeness (QED) is 0.842. The molecular weight excluding hydrogens is 280 g/mol. The third-order valence-corrected chi connectivity index (χ3v) is 4.80. The minimum absolute atomic E-state index is 0.0117. The van der Waals surface area contributed by atoms with Crippen LogP contribution in [0.4, 0.5) is 4.79 Å². The van der Waals surface area contributed by atoms with Gasteiger partial charge in [-0.1, -0.05) is 13.8 Å². The summed E-state index contributed by atoms with van der Waals surface area (Å²) in [6.45, 7) is 9.05. The average molecular weight is 310 g/mol. The van der Waals surface area contributed by atoms with Crippen LogP contribution in [0.3, 0.4) is 0 Å². The van der Waals surface area contributed by atoms with Gasteiger partial charge < -0.3 is 20.0 Å². The third kappa shape index (κ3) is 4.35. The Morgan fingerprint density at radius 2 is 1.82 bits per heavy atom. The monoisotopic (exact) mass is 310 g/mol. The summed E-state index contributed by atoms with van der Waals surface area (Å²) >= 11 is 0. The van der Waals surface area contributed by atoms with Crippen LogP contribution in [-0.4, -0.2) is 79.0 Å². The molecule has 0 aromatic rings. The summed E-state index contributed by atoms with van der Waals surface area (Å²) in [7, 11) is 2.07. The molecule has 1 N–H and O–H groups in total. The summed E-state index contributed by atoms with van der Waals surface area (Å²) < 4.78 is 0. The fourth-order valence-electron chi connectivity index (χ4n) is 3.33. The molecule has 0 saturated carbocycles. The third-order valence-electron chi connectivity index (χ3n) is 4.80. The van der Waals surface area contributed by atoms with Crippen molar-refractivity contribution in [1.29, 1.82) is 0 Å². The smallest absolute Gasteiger partial charge is 0.317 e. The number of rotatable bonds is 4. The van der Waals surface area contributed by atoms with Gasteiger partial charge in [-0.3, -0.25) is 4.79 Å². The highest BCUT2D eigenvalue weighted by molar-refractivity contribution is 5.78. The highest BCUT2D eigenvalue weighted by atomic mass is 16.2. The number of carbonyl (C=O) groups is 2. The minimum atomic E-state index is -0.0117. The van der Waals surface area contributed by atoms with Crippen molar-refractivity contribution in [3.63, 3.8) is 0 Å². The molecule has 0 aliphatic carbocycles. The highest BCUT2D eigenvalue weighted by Gasteiger charge is 2.30. The van der Waals surface area contributed by atoms with Gasteiger partial charge in [-0.2, -0.15) is 0 Å². The number of nitrogens with one attached hydrogen (secondary N) is 1. The van der Waals surface area contributed by atoms with E-state index in [0.717, 1.165) is 45.6 Å². The molecule has 1 unspecified atom stereocenters. The first-order valence-corrected chi connectivity index (χ1v) is 8.50. The molecule has 1 atom stereocenters. The minimum Gasteiger partial charge on any atom is -0.340 e. The van der Waals surface area contributed by atoms with E-state index in [2.05, 4.69) is 31.1 Å². The van der Waals surface area contributed by atoms with Crippen LogP contribution in [0.25, 0.3) is 0 Å². The van der Waals surface area contributed by atoms with E-state index < -0.39 is 0 Å². The van der Waals surface area contributed by atoms with Crippen LogP contribution >= 0.6 is 0 Å². The van der Waals surface area contributed by atoms with Crippen molar-refractivity contribution in [3.8, 4) is 0 Å². The first-order valence-electron chi connectivity index (χ1n) is 8.50. The van der Waals surface area contributed by atoms with E-state index in [1.807, 2.05) is 9.80 Å². The fourth-order valence-corrected chi connectivity index (χ4v) is 3.33. The SMILES string of the molecule is CC(C)C1CCCN1C(=O)NCCC(=O)N1CCN(C)CC1. The van der Waals surface area contributed by atoms with E-state index in [1.54, 1.807) is 0 Å². The normalized spacial score (nSPS) is 23.2. The number of urea groups is 1. The Morgan fingerprint density at radius 1 is 1.14 bits per heavy atom. The second kappa shape index (κ2) is 7.81. The molecule has 6 heteroatoms. The number of carbonyl (C=O) groups excluding carboxylic acids is 2. The van der Waals surface area contributed by atoms with Gasteiger partial charge in [-0.15, -0.1) is 0 Å². The van der Waals surface area contributed by atoms with Crippen LogP contribution in [0.5, 0.6) is 0 Å². The van der Waals surface area contributed by atoms with Gasteiger partial charge in [-0.25, -0.2) is 4.79 Å². The second-order valence-corrected chi connectivity index (χ2v) is 6.81. The van der Waals surface area contributed by atoms with Gasteiger partial charge in [0.2, 0.25) is 5.91 Å². The van der Waals surface area contributed by atoms with Gasteiger partial charge >= 0.3 is 6.03 Å². The fraction of sp³-hybridized carbons (Fsp3) is 0.875. The van der Waals surface area contributed by atoms with Crippen LogP contribution in [-0.2, 0) is 4.79 Å². The van der Waals surface area contributed by atoms with E-state index in [4.69, 9.17) is 0 Å². The van der Waals surface area contributed by atoms with Crippen LogP contribution in [0, 0.1) is 5.92 Å². The Labute approximate surface area is 133 Å². The number of nitrogens with zero attached hydrogens (tertiary/aromatic N) is 3. The molecule has 2 aliphatic heterocycles. The molecule has 3 amide bonds. The van der Waals surface area contributed by atoms with Gasteiger partial charge in [0, 0.05) is 51.7 Å². The molecule has 0 radical (unpaired) electrons. The van der Waals surface area contributed by atoms with Gasteiger partial charge in [0.05, 0.1) is 0 Å². The molecule has 2 saturated heterocycles. The summed E-state index contributed by atoms with van der Waals surface area (Å²) in [5.41, 5.74) is 0. The second-order valence-electron chi connectivity index (χ2n) is 6.81. The topological polar surface area (TPSA) is 55.9 Å². The van der Waals surface area contributed by atoms with Crippen molar-refractivity contribution < 1.29 is 9.59 Å². The largest absolute Gasteiger partial charge is 0.340 e. The van der Waals surface area contributed by atoms with E-state index in [0.29, 0.717) is 24.9 Å². The molecule has 0 aromatic heterocycles. The molecule has 22 heavy (non-hydrogen) atoms. The number of amides is 3. The lowest BCUT2D eigenvalue weighted by atomic mass is 10.0. The van der Waals surface area contributed by atoms with Gasteiger partial charge in [0.1, 0.15) is 0 Å². The first kappa shape index (κ1) is 17.1. The predicted molar refractivity (Wildman–Crippen MR) is 86.7 cm³/mol. The maximum atomic E-state index is 12.2. The summed E-state index contributed by atoms with van der Waals surface area (Å²) in [5, 5.41) is 2.92. The Hall–Kier alpha value is -1.30. The van der Waals surface area contributed by atoms with E-state index in [-0.39, 0.29) is 11.9 Å². The number of likely N-dealkylation sites (tertiary alicyclic amines) is 1. The lowest BCUT2D eigenvalue weighted by Crippen LogP contribution is -2.48. The summed E-state index contributed by atoms with van der Waals surface area (Å²) in [5.74, 6) is 0.635. The van der Waals surface area contributed by atoms with Crippen molar-refractivity contribution >= 4 is 11.9 Å². The molecule has 2 aliphatic rings. The molecule has 0 spiro atoms. The van der Waals surface area contributed by atoms with Crippen LogP contribution < -0.4 is 5.32 Å².